The van der Waals surface area contributed by atoms with Gasteiger partial charge in [-0.05, 0) is 55.7 Å². The SMILES string of the molecule is Cc1ccc(-c2nc(-c3ccc4c(c3)ncn4C3CCCC3)no2)cc1F. The molecule has 0 amide bonds. The lowest BCUT2D eigenvalue weighted by molar-refractivity contribution is 0.432. The highest BCUT2D eigenvalue weighted by Gasteiger charge is 2.19. The first-order chi connectivity index (χ1) is 13.2. The maximum Gasteiger partial charge on any atom is 0.258 e. The topological polar surface area (TPSA) is 56.7 Å². The average molecular weight is 362 g/mol. The van der Waals surface area contributed by atoms with Crippen molar-refractivity contribution < 1.29 is 8.91 Å². The van der Waals surface area contributed by atoms with E-state index >= 15 is 0 Å². The molecule has 0 unspecified atom stereocenters. The highest BCUT2D eigenvalue weighted by Crippen LogP contribution is 2.33. The van der Waals surface area contributed by atoms with Crippen molar-refractivity contribution in [3.8, 4) is 22.8 Å². The second-order valence-electron chi connectivity index (χ2n) is 7.18. The number of aryl methyl sites for hydroxylation is 1. The van der Waals surface area contributed by atoms with Gasteiger partial charge in [0.15, 0.2) is 0 Å². The van der Waals surface area contributed by atoms with Crippen LogP contribution in [-0.2, 0) is 0 Å². The number of nitrogens with zero attached hydrogens (tertiary/aromatic N) is 4. The van der Waals surface area contributed by atoms with E-state index in [4.69, 9.17) is 4.52 Å². The molecule has 2 aromatic heterocycles. The zero-order valence-electron chi connectivity index (χ0n) is 15.0. The van der Waals surface area contributed by atoms with Gasteiger partial charge in [0.1, 0.15) is 5.82 Å². The number of hydrogen-bond acceptors (Lipinski definition) is 4. The number of benzene rings is 2. The van der Waals surface area contributed by atoms with Gasteiger partial charge in [-0.1, -0.05) is 24.1 Å². The third-order valence-electron chi connectivity index (χ3n) is 5.40. The fraction of sp³-hybridized carbons (Fsp3) is 0.286. The molecule has 0 atom stereocenters. The van der Waals surface area contributed by atoms with Crippen molar-refractivity contribution in [1.82, 2.24) is 19.7 Å². The predicted molar refractivity (Wildman–Crippen MR) is 101 cm³/mol. The first-order valence-corrected chi connectivity index (χ1v) is 9.26. The molecule has 6 heteroatoms. The fourth-order valence-corrected chi connectivity index (χ4v) is 3.83. The monoisotopic (exact) mass is 362 g/mol. The first-order valence-electron chi connectivity index (χ1n) is 9.26. The van der Waals surface area contributed by atoms with E-state index in [1.807, 2.05) is 18.5 Å². The third-order valence-corrected chi connectivity index (χ3v) is 5.40. The summed E-state index contributed by atoms with van der Waals surface area (Å²) in [7, 11) is 0. The van der Waals surface area contributed by atoms with E-state index in [1.165, 1.54) is 31.7 Å². The number of fused-ring (bicyclic) bond motifs is 1. The third kappa shape index (κ3) is 2.81. The van der Waals surface area contributed by atoms with Gasteiger partial charge in [-0.25, -0.2) is 9.37 Å². The Morgan fingerprint density at radius 3 is 2.70 bits per heavy atom. The standard InChI is InChI=1S/C21H19FN4O/c1-13-6-7-15(10-17(13)22)21-24-20(25-27-21)14-8-9-19-18(11-14)23-12-26(19)16-4-2-3-5-16/h6-12,16H,2-5H2,1H3. The predicted octanol–water partition coefficient (Wildman–Crippen LogP) is 5.32. The number of hydrogen-bond donors (Lipinski definition) is 0. The maximum atomic E-state index is 13.8. The zero-order chi connectivity index (χ0) is 18.4. The van der Waals surface area contributed by atoms with Gasteiger partial charge in [-0.15, -0.1) is 0 Å². The summed E-state index contributed by atoms with van der Waals surface area (Å²) in [4.78, 5) is 9.00. The summed E-state index contributed by atoms with van der Waals surface area (Å²) >= 11 is 0. The molecule has 1 aliphatic carbocycles. The highest BCUT2D eigenvalue weighted by molar-refractivity contribution is 5.81. The van der Waals surface area contributed by atoms with Crippen LogP contribution in [0.3, 0.4) is 0 Å². The Hall–Kier alpha value is -3.02. The summed E-state index contributed by atoms with van der Waals surface area (Å²) in [6.45, 7) is 1.72. The van der Waals surface area contributed by atoms with Gasteiger partial charge in [0, 0.05) is 17.2 Å². The molecule has 1 aliphatic rings. The molecule has 0 saturated heterocycles. The molecule has 0 spiro atoms. The molecule has 27 heavy (non-hydrogen) atoms. The highest BCUT2D eigenvalue weighted by atomic mass is 19.1. The Bertz CT molecular complexity index is 1120. The van der Waals surface area contributed by atoms with E-state index in [-0.39, 0.29) is 5.82 Å². The summed E-state index contributed by atoms with van der Waals surface area (Å²) in [5.41, 5.74) is 4.05. The molecule has 0 aliphatic heterocycles. The van der Waals surface area contributed by atoms with Crippen LogP contribution in [-0.4, -0.2) is 19.7 Å². The van der Waals surface area contributed by atoms with Gasteiger partial charge in [-0.3, -0.25) is 0 Å². The van der Waals surface area contributed by atoms with Crippen molar-refractivity contribution in [2.24, 2.45) is 0 Å². The Labute approximate surface area is 155 Å². The molecule has 1 fully saturated rings. The Kier molecular flexibility index (Phi) is 3.77. The van der Waals surface area contributed by atoms with Crippen LogP contribution in [0.1, 0.15) is 37.3 Å². The maximum absolute atomic E-state index is 13.8. The molecule has 2 aromatic carbocycles. The molecule has 136 valence electrons. The molecule has 4 aromatic rings. The Morgan fingerprint density at radius 2 is 1.89 bits per heavy atom. The van der Waals surface area contributed by atoms with Gasteiger partial charge in [0.2, 0.25) is 5.82 Å². The summed E-state index contributed by atoms with van der Waals surface area (Å²) in [5.74, 6) is 0.495. The van der Waals surface area contributed by atoms with E-state index in [0.717, 1.165) is 16.6 Å². The van der Waals surface area contributed by atoms with Crippen LogP contribution in [0.4, 0.5) is 4.39 Å². The van der Waals surface area contributed by atoms with Crippen molar-refractivity contribution >= 4 is 11.0 Å². The zero-order valence-corrected chi connectivity index (χ0v) is 15.0. The quantitative estimate of drug-likeness (QED) is 0.495. The molecule has 1 saturated carbocycles. The van der Waals surface area contributed by atoms with E-state index in [1.54, 1.807) is 19.1 Å². The normalized spacial score (nSPS) is 15.0. The van der Waals surface area contributed by atoms with E-state index < -0.39 is 0 Å². The minimum absolute atomic E-state index is 0.286. The minimum atomic E-state index is -0.286. The largest absolute Gasteiger partial charge is 0.334 e. The van der Waals surface area contributed by atoms with E-state index in [9.17, 15) is 4.39 Å². The molecule has 0 radical (unpaired) electrons. The summed E-state index contributed by atoms with van der Waals surface area (Å²) in [6.07, 6.45) is 6.94. The van der Waals surface area contributed by atoms with Crippen molar-refractivity contribution in [2.45, 2.75) is 38.6 Å². The van der Waals surface area contributed by atoms with E-state index in [0.29, 0.717) is 28.9 Å². The molecule has 2 heterocycles. The number of aromatic nitrogens is 4. The summed E-state index contributed by atoms with van der Waals surface area (Å²) < 4.78 is 21.4. The van der Waals surface area contributed by atoms with Crippen molar-refractivity contribution in [1.29, 1.82) is 0 Å². The number of rotatable bonds is 3. The van der Waals surface area contributed by atoms with Crippen LogP contribution in [0.5, 0.6) is 0 Å². The smallest absolute Gasteiger partial charge is 0.258 e. The van der Waals surface area contributed by atoms with Gasteiger partial charge < -0.3 is 9.09 Å². The Morgan fingerprint density at radius 1 is 1.07 bits per heavy atom. The van der Waals surface area contributed by atoms with Gasteiger partial charge >= 0.3 is 0 Å². The average Bonchev–Trinajstić information content (AvgIpc) is 3.43. The molecule has 0 bridgehead atoms. The molecule has 0 N–H and O–H groups in total. The van der Waals surface area contributed by atoms with Crippen molar-refractivity contribution in [2.75, 3.05) is 0 Å². The second kappa shape index (κ2) is 6.30. The van der Waals surface area contributed by atoms with Crippen LogP contribution >= 0.6 is 0 Å². The van der Waals surface area contributed by atoms with Gasteiger partial charge in [0.05, 0.1) is 17.4 Å². The summed E-state index contributed by atoms with van der Waals surface area (Å²) in [6, 6.07) is 11.5. The minimum Gasteiger partial charge on any atom is -0.334 e. The van der Waals surface area contributed by atoms with Crippen molar-refractivity contribution in [3.63, 3.8) is 0 Å². The van der Waals surface area contributed by atoms with Gasteiger partial charge in [-0.2, -0.15) is 4.98 Å². The molecule has 5 nitrogen and oxygen atoms in total. The first kappa shape index (κ1) is 16.2. The number of halogens is 1. The van der Waals surface area contributed by atoms with Gasteiger partial charge in [0.25, 0.3) is 5.89 Å². The lowest BCUT2D eigenvalue weighted by Gasteiger charge is -2.11. The molecular weight excluding hydrogens is 343 g/mol. The van der Waals surface area contributed by atoms with Crippen LogP contribution in [0, 0.1) is 12.7 Å². The van der Waals surface area contributed by atoms with E-state index in [2.05, 4.69) is 25.8 Å². The van der Waals surface area contributed by atoms with Crippen molar-refractivity contribution in [3.05, 3.63) is 54.1 Å². The van der Waals surface area contributed by atoms with Crippen LogP contribution < -0.4 is 0 Å². The fourth-order valence-electron chi connectivity index (χ4n) is 3.83. The van der Waals surface area contributed by atoms with Crippen LogP contribution in [0.25, 0.3) is 33.9 Å². The number of imidazole rings is 1. The molecular formula is C21H19FN4O. The summed E-state index contributed by atoms with van der Waals surface area (Å²) in [5, 5.41) is 4.06. The molecule has 5 rings (SSSR count). The Balaban J connectivity index is 1.49. The van der Waals surface area contributed by atoms with Crippen LogP contribution in [0.2, 0.25) is 0 Å². The lowest BCUT2D eigenvalue weighted by Crippen LogP contribution is -2.02. The second-order valence-corrected chi connectivity index (χ2v) is 7.18. The van der Waals surface area contributed by atoms with Crippen LogP contribution in [0.15, 0.2) is 47.2 Å². The lowest BCUT2D eigenvalue weighted by atomic mass is 10.1.